The van der Waals surface area contributed by atoms with E-state index in [4.69, 9.17) is 33.2 Å². The van der Waals surface area contributed by atoms with Crippen LogP contribution in [0, 0.1) is 17.1 Å². The first-order valence-electron chi connectivity index (χ1n) is 10.5. The second-order valence-electron chi connectivity index (χ2n) is 8.09. The zero-order chi connectivity index (χ0) is 26.9. The quantitative estimate of drug-likeness (QED) is 0.447. The number of benzene rings is 2. The van der Waals surface area contributed by atoms with Gasteiger partial charge in [-0.3, -0.25) is 19.6 Å². The van der Waals surface area contributed by atoms with Gasteiger partial charge in [-0.15, -0.1) is 0 Å². The summed E-state index contributed by atoms with van der Waals surface area (Å²) >= 11 is 11.8. The van der Waals surface area contributed by atoms with Gasteiger partial charge in [-0.05, 0) is 48.4 Å². The third kappa shape index (κ3) is 6.02. The van der Waals surface area contributed by atoms with Crippen LogP contribution in [0.2, 0.25) is 10.0 Å². The summed E-state index contributed by atoms with van der Waals surface area (Å²) in [5, 5.41) is 9.18. The number of aromatic nitrogens is 2. The summed E-state index contributed by atoms with van der Waals surface area (Å²) < 4.78 is 60.8. The van der Waals surface area contributed by atoms with Crippen LogP contribution in [0.4, 0.5) is 17.6 Å². The molecule has 2 unspecified atom stereocenters. The van der Waals surface area contributed by atoms with Crippen molar-refractivity contribution in [3.63, 3.8) is 0 Å². The average Bonchev–Trinajstić information content (AvgIpc) is 2.81. The predicted octanol–water partition coefficient (Wildman–Crippen LogP) is 4.55. The summed E-state index contributed by atoms with van der Waals surface area (Å²) in [5.74, 6) is -3.35. The van der Waals surface area contributed by atoms with Gasteiger partial charge < -0.3 is 4.74 Å². The van der Waals surface area contributed by atoms with Crippen molar-refractivity contribution in [3.8, 4) is 17.6 Å². The lowest BCUT2D eigenvalue weighted by molar-refractivity contribution is -0.142. The Balaban J connectivity index is 1.66. The molecule has 0 radical (unpaired) electrons. The largest absolute Gasteiger partial charge is 0.449 e. The number of halogens is 6. The number of nitriles is 1. The molecule has 4 rings (SSSR count). The smallest absolute Gasteiger partial charge is 0.437 e. The maximum absolute atomic E-state index is 13.8. The molecule has 0 aliphatic carbocycles. The number of hydrogen-bond donors (Lipinski definition) is 2. The van der Waals surface area contributed by atoms with Crippen LogP contribution >= 0.6 is 23.2 Å². The molecule has 14 heteroatoms. The van der Waals surface area contributed by atoms with Crippen molar-refractivity contribution in [3.05, 3.63) is 85.8 Å². The molecule has 1 fully saturated rings. The van der Waals surface area contributed by atoms with E-state index < -0.39 is 46.9 Å². The normalized spacial score (nSPS) is 17.7. The van der Waals surface area contributed by atoms with Crippen molar-refractivity contribution in [1.29, 1.82) is 5.26 Å². The first-order valence-corrected chi connectivity index (χ1v) is 11.3. The molecule has 0 saturated carbocycles. The second kappa shape index (κ2) is 10.4. The highest BCUT2D eigenvalue weighted by Gasteiger charge is 2.39. The van der Waals surface area contributed by atoms with Crippen molar-refractivity contribution >= 4 is 29.1 Å². The fourth-order valence-electron chi connectivity index (χ4n) is 3.83. The van der Waals surface area contributed by atoms with Crippen LogP contribution < -0.4 is 21.1 Å². The number of hydrazine groups is 1. The molecule has 0 bridgehead atoms. The Bertz CT molecular complexity index is 1450. The summed E-state index contributed by atoms with van der Waals surface area (Å²) in [7, 11) is 0. The maximum atomic E-state index is 13.8. The van der Waals surface area contributed by atoms with Crippen LogP contribution in [-0.4, -0.2) is 21.5 Å². The van der Waals surface area contributed by atoms with Crippen molar-refractivity contribution in [2.24, 2.45) is 0 Å². The molecule has 1 aliphatic heterocycles. The lowest BCUT2D eigenvalue weighted by Gasteiger charge is -2.31. The minimum absolute atomic E-state index is 0.00548. The molecule has 0 spiro atoms. The highest BCUT2D eigenvalue weighted by Crippen LogP contribution is 2.35. The van der Waals surface area contributed by atoms with Gasteiger partial charge in [0.2, 0.25) is 11.7 Å². The van der Waals surface area contributed by atoms with Crippen molar-refractivity contribution < 1.29 is 27.1 Å². The number of alkyl halides is 3. The lowest BCUT2D eigenvalue weighted by atomic mass is 9.90. The first kappa shape index (κ1) is 26.4. The Hall–Kier alpha value is -3.66. The molecule has 2 N–H and O–H groups in total. The molecule has 1 aromatic heterocycles. The number of rotatable bonds is 5. The maximum Gasteiger partial charge on any atom is 0.437 e. The Morgan fingerprint density at radius 3 is 2.54 bits per heavy atom. The van der Waals surface area contributed by atoms with Crippen LogP contribution in [0.15, 0.2) is 47.5 Å². The van der Waals surface area contributed by atoms with Crippen LogP contribution in [0.1, 0.15) is 29.2 Å². The topological polar surface area (TPSA) is 109 Å². The van der Waals surface area contributed by atoms with E-state index in [1.807, 2.05) is 0 Å². The Labute approximate surface area is 216 Å². The van der Waals surface area contributed by atoms with E-state index in [-0.39, 0.29) is 34.3 Å². The number of hydrogen-bond acceptors (Lipinski definition) is 6. The third-order valence-electron chi connectivity index (χ3n) is 5.43. The lowest BCUT2D eigenvalue weighted by Crippen LogP contribution is -2.54. The number of nitrogens with zero attached hydrogens (tertiary/aromatic N) is 3. The monoisotopic (exact) mass is 555 g/mol. The van der Waals surface area contributed by atoms with Crippen LogP contribution in [0.3, 0.4) is 0 Å². The van der Waals surface area contributed by atoms with Gasteiger partial charge in [0.05, 0.1) is 23.9 Å². The number of amides is 1. The molecule has 37 heavy (non-hydrogen) atoms. The van der Waals surface area contributed by atoms with Gasteiger partial charge in [-0.2, -0.15) is 18.4 Å². The van der Waals surface area contributed by atoms with Gasteiger partial charge >= 0.3 is 6.18 Å². The summed E-state index contributed by atoms with van der Waals surface area (Å²) in [5.41, 5.74) is 2.68. The van der Waals surface area contributed by atoms with E-state index in [1.165, 1.54) is 12.1 Å². The van der Waals surface area contributed by atoms with Gasteiger partial charge in [-0.1, -0.05) is 23.2 Å². The van der Waals surface area contributed by atoms with E-state index >= 15 is 0 Å². The van der Waals surface area contributed by atoms with Crippen molar-refractivity contribution in [1.82, 2.24) is 20.4 Å². The standard InChI is InChI=1S/C23H15Cl2F4N5O3/c24-13-1-11(8-30)2-17(6-13)37-19-20(23(27,28)29)31-10-34(22(19)36)9-16-7-18(21(35)33-32-16)12-3-14(25)5-15(26)4-12/h1-6,10,16,18,32H,7,9H2,(H,33,35). The van der Waals surface area contributed by atoms with Gasteiger partial charge in [0, 0.05) is 22.6 Å². The number of carbonyl (C=O) groups excluding carboxylic acids is 1. The van der Waals surface area contributed by atoms with Crippen LogP contribution in [0.25, 0.3) is 0 Å². The predicted molar refractivity (Wildman–Crippen MR) is 124 cm³/mol. The molecule has 1 saturated heterocycles. The minimum Gasteiger partial charge on any atom is -0.449 e. The molecule has 2 atom stereocenters. The van der Waals surface area contributed by atoms with Crippen molar-refractivity contribution in [2.45, 2.75) is 31.1 Å². The summed E-state index contributed by atoms with van der Waals surface area (Å²) in [6.07, 6.45) is -4.25. The molecule has 3 aromatic rings. The molecular weight excluding hydrogens is 541 g/mol. The van der Waals surface area contributed by atoms with Crippen LogP contribution in [-0.2, 0) is 17.5 Å². The van der Waals surface area contributed by atoms with Gasteiger partial charge in [-0.25, -0.2) is 14.8 Å². The Morgan fingerprint density at radius 2 is 1.86 bits per heavy atom. The van der Waals surface area contributed by atoms with E-state index in [2.05, 4.69) is 15.8 Å². The van der Waals surface area contributed by atoms with E-state index in [9.17, 15) is 27.2 Å². The Morgan fingerprint density at radius 1 is 1.14 bits per heavy atom. The number of carbonyl (C=O) groups is 1. The average molecular weight is 556 g/mol. The first-order chi connectivity index (χ1) is 17.4. The zero-order valence-electron chi connectivity index (χ0n) is 18.4. The van der Waals surface area contributed by atoms with E-state index in [0.717, 1.165) is 28.8 Å². The summed E-state index contributed by atoms with van der Waals surface area (Å²) in [6, 6.07) is 8.32. The molecule has 2 heterocycles. The number of ether oxygens (including phenoxy) is 1. The van der Waals surface area contributed by atoms with E-state index in [1.54, 1.807) is 6.07 Å². The van der Waals surface area contributed by atoms with Crippen LogP contribution in [0.5, 0.6) is 11.5 Å². The summed E-state index contributed by atoms with van der Waals surface area (Å²) in [6.45, 7) is -0.223. The highest BCUT2D eigenvalue weighted by molar-refractivity contribution is 6.31. The van der Waals surface area contributed by atoms with Crippen molar-refractivity contribution in [2.75, 3.05) is 0 Å². The molecule has 8 nitrogen and oxygen atoms in total. The fraction of sp³-hybridized carbons (Fsp3) is 0.217. The third-order valence-corrected chi connectivity index (χ3v) is 5.86. The Kier molecular flexibility index (Phi) is 7.40. The van der Waals surface area contributed by atoms with Gasteiger partial charge in [0.25, 0.3) is 5.56 Å². The fourth-order valence-corrected chi connectivity index (χ4v) is 4.29. The molecular formula is C23H15Cl2F4N5O3. The molecule has 1 amide bonds. The number of nitrogens with one attached hydrogen (secondary N) is 2. The highest BCUT2D eigenvalue weighted by atomic mass is 35.5. The second-order valence-corrected chi connectivity index (χ2v) is 8.96. The molecule has 2 aromatic carbocycles. The van der Waals surface area contributed by atoms with Gasteiger partial charge in [0.15, 0.2) is 5.69 Å². The van der Waals surface area contributed by atoms with Gasteiger partial charge in [0.1, 0.15) is 11.6 Å². The van der Waals surface area contributed by atoms with E-state index in [0.29, 0.717) is 11.9 Å². The zero-order valence-corrected chi connectivity index (χ0v) is 20.0. The SMILES string of the molecule is N#Cc1cc(Cl)cc(Oc2c(C(F)(F)F)ncn(CC3CC(c4cc(F)cc(Cl)c4)C(=O)NN3)c2=O)c1. The molecule has 1 aliphatic rings. The molecule has 192 valence electrons. The minimum atomic E-state index is -5.02. The summed E-state index contributed by atoms with van der Waals surface area (Å²) in [4.78, 5) is 28.8.